The number of carboxylic acid groups (broad SMARTS) is 1. The zero-order valence-corrected chi connectivity index (χ0v) is 18.7. The van der Waals surface area contributed by atoms with E-state index in [9.17, 15) is 36.8 Å². The molecule has 3 aromatic rings. The lowest BCUT2D eigenvalue weighted by atomic mass is 9.93. The molecule has 0 aliphatic heterocycles. The van der Waals surface area contributed by atoms with Crippen molar-refractivity contribution in [1.29, 1.82) is 5.26 Å². The molecule has 1 aliphatic carbocycles. The molecule has 0 unspecified atom stereocenters. The van der Waals surface area contributed by atoms with E-state index >= 15 is 0 Å². The van der Waals surface area contributed by atoms with E-state index < -0.39 is 37.9 Å². The summed E-state index contributed by atoms with van der Waals surface area (Å²) in [7, 11) is -3.99. The van der Waals surface area contributed by atoms with Crippen LogP contribution in [-0.4, -0.2) is 34.9 Å². The average Bonchev–Trinajstić information content (AvgIpc) is 3.50. The fourth-order valence-corrected chi connectivity index (χ4v) is 4.93. The molecule has 2 N–H and O–H groups in total. The minimum absolute atomic E-state index is 0.0606. The normalized spacial score (nSPS) is 15.1. The van der Waals surface area contributed by atoms with Crippen LogP contribution in [0, 0.1) is 11.3 Å². The van der Waals surface area contributed by atoms with Gasteiger partial charge < -0.3 is 10.4 Å². The van der Waals surface area contributed by atoms with Crippen molar-refractivity contribution >= 4 is 27.1 Å². The molecular formula is C22H19F3N4O4S. The summed E-state index contributed by atoms with van der Waals surface area (Å²) < 4.78 is 66.1. The Morgan fingerprint density at radius 2 is 2.00 bits per heavy atom. The largest absolute Gasteiger partial charge is 0.478 e. The second kappa shape index (κ2) is 8.02. The van der Waals surface area contributed by atoms with E-state index in [0.717, 1.165) is 22.8 Å². The van der Waals surface area contributed by atoms with E-state index in [0.29, 0.717) is 24.0 Å². The molecule has 12 heteroatoms. The van der Waals surface area contributed by atoms with Gasteiger partial charge in [0.15, 0.2) is 15.7 Å². The Labute approximate surface area is 192 Å². The summed E-state index contributed by atoms with van der Waals surface area (Å²) in [6.45, 7) is 1.21. The smallest absolute Gasteiger partial charge is 0.416 e. The number of benzene rings is 1. The van der Waals surface area contributed by atoms with Crippen molar-refractivity contribution in [1.82, 2.24) is 9.61 Å². The van der Waals surface area contributed by atoms with Crippen LogP contribution in [0.4, 0.5) is 19.0 Å². The number of carbonyl (C=O) groups is 1. The number of hydrogen-bond donors (Lipinski definition) is 2. The van der Waals surface area contributed by atoms with Gasteiger partial charge in [-0.25, -0.2) is 17.7 Å². The maximum atomic E-state index is 13.2. The predicted molar refractivity (Wildman–Crippen MR) is 115 cm³/mol. The number of aromatic carboxylic acids is 1. The molecule has 34 heavy (non-hydrogen) atoms. The van der Waals surface area contributed by atoms with Gasteiger partial charge in [-0.15, -0.1) is 5.10 Å². The number of rotatable bonds is 7. The van der Waals surface area contributed by atoms with Gasteiger partial charge in [0.1, 0.15) is 4.90 Å². The number of nitrogens with zero attached hydrogens (tertiary/aromatic N) is 3. The van der Waals surface area contributed by atoms with Crippen LogP contribution in [0.1, 0.15) is 46.8 Å². The number of nitriles is 1. The highest BCUT2D eigenvalue weighted by Gasteiger charge is 2.45. The fourth-order valence-electron chi connectivity index (χ4n) is 3.76. The monoisotopic (exact) mass is 492 g/mol. The Bertz CT molecular complexity index is 1450. The Morgan fingerprint density at radius 1 is 1.29 bits per heavy atom. The first-order valence-corrected chi connectivity index (χ1v) is 11.9. The minimum atomic E-state index is -4.67. The Morgan fingerprint density at radius 3 is 2.56 bits per heavy atom. The first-order valence-electron chi connectivity index (χ1n) is 10.3. The number of pyridine rings is 1. The van der Waals surface area contributed by atoms with Crippen molar-refractivity contribution in [2.75, 3.05) is 11.1 Å². The van der Waals surface area contributed by atoms with Crippen LogP contribution in [0.5, 0.6) is 0 Å². The molecule has 2 aromatic heterocycles. The van der Waals surface area contributed by atoms with Crippen molar-refractivity contribution < 1.29 is 31.5 Å². The standard InChI is InChI=1S/C22H19F3N4O4S/c1-2-34(32,33)18-17-10-15(22(23,24)25)5-8-29(17)28-19(18)27-11-13-3-4-14(9-16(13)20(30)31)21(12-26)6-7-21/h3-5,8-10H,2,6-7,11H2,1H3,(H,27,28)(H,30,31). The molecule has 0 amide bonds. The van der Waals surface area contributed by atoms with Gasteiger partial charge in [0, 0.05) is 12.7 Å². The molecule has 8 nitrogen and oxygen atoms in total. The molecule has 0 spiro atoms. The molecule has 1 aromatic carbocycles. The predicted octanol–water partition coefficient (Wildman–Crippen LogP) is 4.01. The number of fused-ring (bicyclic) bond motifs is 1. The molecule has 0 atom stereocenters. The van der Waals surface area contributed by atoms with Gasteiger partial charge >= 0.3 is 12.1 Å². The zero-order chi connectivity index (χ0) is 24.9. The summed E-state index contributed by atoms with van der Waals surface area (Å²) in [5.41, 5.74) is -1.10. The van der Waals surface area contributed by atoms with Crippen LogP contribution in [0.3, 0.4) is 0 Å². The summed E-state index contributed by atoms with van der Waals surface area (Å²) in [6.07, 6.45) is -2.38. The fraction of sp³-hybridized carbons (Fsp3) is 0.318. The van der Waals surface area contributed by atoms with E-state index in [1.54, 1.807) is 6.07 Å². The van der Waals surface area contributed by atoms with Gasteiger partial charge in [-0.2, -0.15) is 18.4 Å². The number of carboxylic acids is 1. The SMILES string of the molecule is CCS(=O)(=O)c1c(NCc2ccc(C3(C#N)CC3)cc2C(=O)O)nn2ccc(C(F)(F)F)cc12. The molecular weight excluding hydrogens is 473 g/mol. The molecule has 178 valence electrons. The molecule has 4 rings (SSSR count). The summed E-state index contributed by atoms with van der Waals surface area (Å²) in [5, 5.41) is 25.9. The summed E-state index contributed by atoms with van der Waals surface area (Å²) in [4.78, 5) is 11.4. The van der Waals surface area contributed by atoms with Gasteiger partial charge in [0.05, 0.1) is 33.9 Å². The first-order chi connectivity index (χ1) is 15.9. The molecule has 0 bridgehead atoms. The maximum absolute atomic E-state index is 13.2. The lowest BCUT2D eigenvalue weighted by Gasteiger charge is -2.13. The van der Waals surface area contributed by atoms with E-state index in [1.807, 2.05) is 0 Å². The summed E-state index contributed by atoms with van der Waals surface area (Å²) in [5.74, 6) is -1.78. The quantitative estimate of drug-likeness (QED) is 0.511. The van der Waals surface area contributed by atoms with Crippen LogP contribution >= 0.6 is 0 Å². The Hall–Kier alpha value is -3.59. The number of nitrogens with one attached hydrogen (secondary N) is 1. The summed E-state index contributed by atoms with van der Waals surface area (Å²) >= 11 is 0. The van der Waals surface area contributed by atoms with Gasteiger partial charge in [-0.3, -0.25) is 0 Å². The number of anilines is 1. The highest BCUT2D eigenvalue weighted by molar-refractivity contribution is 7.91. The average molecular weight is 492 g/mol. The van der Waals surface area contributed by atoms with Crippen molar-refractivity contribution in [3.63, 3.8) is 0 Å². The molecule has 1 aliphatic rings. The molecule has 1 saturated carbocycles. The number of alkyl halides is 3. The van der Waals surface area contributed by atoms with E-state index in [2.05, 4.69) is 16.5 Å². The number of sulfone groups is 1. The molecule has 1 fully saturated rings. The van der Waals surface area contributed by atoms with E-state index in [1.165, 1.54) is 19.1 Å². The van der Waals surface area contributed by atoms with Crippen LogP contribution in [0.15, 0.2) is 41.4 Å². The zero-order valence-electron chi connectivity index (χ0n) is 17.8. The van der Waals surface area contributed by atoms with Crippen LogP contribution in [0.2, 0.25) is 0 Å². The third-order valence-corrected chi connectivity index (χ3v) is 7.70. The van der Waals surface area contributed by atoms with Gasteiger partial charge in [-0.1, -0.05) is 19.1 Å². The number of hydrogen-bond acceptors (Lipinski definition) is 6. The van der Waals surface area contributed by atoms with E-state index in [-0.39, 0.29) is 29.2 Å². The lowest BCUT2D eigenvalue weighted by molar-refractivity contribution is -0.137. The molecule has 0 radical (unpaired) electrons. The topological polar surface area (TPSA) is 125 Å². The Balaban J connectivity index is 1.75. The van der Waals surface area contributed by atoms with Crippen LogP contribution < -0.4 is 5.32 Å². The third-order valence-electron chi connectivity index (χ3n) is 5.91. The van der Waals surface area contributed by atoms with Crippen LogP contribution in [-0.2, 0) is 28.0 Å². The minimum Gasteiger partial charge on any atom is -0.478 e. The second-order valence-electron chi connectivity index (χ2n) is 8.05. The molecule has 2 heterocycles. The highest BCUT2D eigenvalue weighted by atomic mass is 32.2. The summed E-state index contributed by atoms with van der Waals surface area (Å²) in [6, 6.07) is 8.33. The lowest BCUT2D eigenvalue weighted by Crippen LogP contribution is -2.12. The van der Waals surface area contributed by atoms with Crippen molar-refractivity contribution in [2.45, 2.75) is 42.8 Å². The van der Waals surface area contributed by atoms with Crippen molar-refractivity contribution in [3.05, 3.63) is 58.8 Å². The van der Waals surface area contributed by atoms with E-state index in [4.69, 9.17) is 0 Å². The van der Waals surface area contributed by atoms with Crippen molar-refractivity contribution in [2.24, 2.45) is 0 Å². The Kier molecular flexibility index (Phi) is 5.56. The highest BCUT2D eigenvalue weighted by Crippen LogP contribution is 2.47. The van der Waals surface area contributed by atoms with Gasteiger partial charge in [0.25, 0.3) is 0 Å². The third kappa shape index (κ3) is 4.07. The second-order valence-corrected chi connectivity index (χ2v) is 10.3. The maximum Gasteiger partial charge on any atom is 0.416 e. The van der Waals surface area contributed by atoms with Crippen molar-refractivity contribution in [3.8, 4) is 6.07 Å². The first kappa shape index (κ1) is 23.6. The van der Waals surface area contributed by atoms with Gasteiger partial charge in [-0.05, 0) is 42.2 Å². The van der Waals surface area contributed by atoms with Crippen LogP contribution in [0.25, 0.3) is 5.52 Å². The number of halogens is 3. The molecule has 0 saturated heterocycles. The number of aromatic nitrogens is 2. The van der Waals surface area contributed by atoms with Gasteiger partial charge in [0.2, 0.25) is 0 Å².